The Labute approximate surface area is 428 Å². The SMILES string of the molecule is c1ccc(-c2cccc(-c3ccc4c(c3)c3cc(-c5ccc6oc7ccccc7c6c5)ccc3n4-c3cccc(-c4cccc(-c5cccc(-c6nc(-c7ccccc7)nc(-c7ccccc7)n6)c5)c4)c3)c2)cc1. The molecule has 0 saturated carbocycles. The van der Waals surface area contributed by atoms with Crippen molar-refractivity contribution < 1.29 is 4.42 Å². The number of aromatic nitrogens is 4. The van der Waals surface area contributed by atoms with Crippen LogP contribution in [0.25, 0.3) is 139 Å². The van der Waals surface area contributed by atoms with E-state index in [1.54, 1.807) is 0 Å². The maximum Gasteiger partial charge on any atom is 0.164 e. The van der Waals surface area contributed by atoms with Crippen LogP contribution < -0.4 is 0 Å². The molecule has 0 N–H and O–H groups in total. The lowest BCUT2D eigenvalue weighted by Crippen LogP contribution is -2.00. The summed E-state index contributed by atoms with van der Waals surface area (Å²) in [5, 5.41) is 4.62. The van der Waals surface area contributed by atoms with Crippen LogP contribution in [-0.4, -0.2) is 19.5 Å². The molecule has 5 nitrogen and oxygen atoms in total. The minimum absolute atomic E-state index is 0.627. The first kappa shape index (κ1) is 42.9. The van der Waals surface area contributed by atoms with Crippen molar-refractivity contribution in [2.24, 2.45) is 0 Å². The zero-order valence-corrected chi connectivity index (χ0v) is 40.1. The number of rotatable bonds is 9. The van der Waals surface area contributed by atoms with Crippen LogP contribution in [0.2, 0.25) is 0 Å². The molecule has 5 heteroatoms. The van der Waals surface area contributed by atoms with Gasteiger partial charge in [-0.3, -0.25) is 0 Å². The van der Waals surface area contributed by atoms with Crippen molar-refractivity contribution in [2.75, 3.05) is 0 Å². The summed E-state index contributed by atoms with van der Waals surface area (Å²) in [6.07, 6.45) is 0. The number of nitrogens with zero attached hydrogens (tertiary/aromatic N) is 4. The van der Waals surface area contributed by atoms with Crippen LogP contribution in [0.4, 0.5) is 0 Å². The summed E-state index contributed by atoms with van der Waals surface area (Å²) in [5.74, 6) is 1.91. The van der Waals surface area contributed by atoms with Crippen molar-refractivity contribution in [1.82, 2.24) is 19.5 Å². The normalized spacial score (nSPS) is 11.5. The van der Waals surface area contributed by atoms with Crippen molar-refractivity contribution >= 4 is 43.7 Å². The van der Waals surface area contributed by atoms with E-state index in [-0.39, 0.29) is 0 Å². The van der Waals surface area contributed by atoms with E-state index in [4.69, 9.17) is 19.4 Å². The quantitative estimate of drug-likeness (QED) is 0.145. The van der Waals surface area contributed by atoms with Crippen LogP contribution in [-0.2, 0) is 0 Å². The molecule has 0 atom stereocenters. The fourth-order valence-electron chi connectivity index (χ4n) is 10.6. The van der Waals surface area contributed by atoms with Gasteiger partial charge in [-0.2, -0.15) is 0 Å². The fraction of sp³-hybridized carbons (Fsp3) is 0. The van der Waals surface area contributed by atoms with Gasteiger partial charge < -0.3 is 8.98 Å². The summed E-state index contributed by atoms with van der Waals surface area (Å²) < 4.78 is 8.65. The molecule has 0 fully saturated rings. The predicted molar refractivity (Wildman–Crippen MR) is 305 cm³/mol. The molecule has 0 spiro atoms. The predicted octanol–water partition coefficient (Wildman–Crippen LogP) is 18.2. The lowest BCUT2D eigenvalue weighted by molar-refractivity contribution is 0.669. The van der Waals surface area contributed by atoms with Gasteiger partial charge in [-0.1, -0.05) is 194 Å². The average Bonchev–Trinajstić information content (AvgIpc) is 4.04. The lowest BCUT2D eigenvalue weighted by atomic mass is 9.97. The second-order valence-electron chi connectivity index (χ2n) is 18.8. The van der Waals surface area contributed by atoms with Crippen molar-refractivity contribution in [3.05, 3.63) is 267 Å². The van der Waals surface area contributed by atoms with Crippen LogP contribution >= 0.6 is 0 Å². The van der Waals surface area contributed by atoms with Gasteiger partial charge >= 0.3 is 0 Å². The van der Waals surface area contributed by atoms with Crippen LogP contribution in [0.1, 0.15) is 0 Å². The molecule has 0 bridgehead atoms. The molecular formula is C69H44N4O. The van der Waals surface area contributed by atoms with Gasteiger partial charge in [0, 0.05) is 43.9 Å². The molecule has 3 heterocycles. The average molecular weight is 945 g/mol. The van der Waals surface area contributed by atoms with E-state index in [9.17, 15) is 0 Å². The summed E-state index contributed by atoms with van der Waals surface area (Å²) in [6.45, 7) is 0. The van der Waals surface area contributed by atoms with Gasteiger partial charge in [0.1, 0.15) is 11.2 Å². The van der Waals surface area contributed by atoms with Gasteiger partial charge in [-0.15, -0.1) is 0 Å². The molecule has 11 aromatic carbocycles. The second-order valence-corrected chi connectivity index (χ2v) is 18.8. The van der Waals surface area contributed by atoms with Gasteiger partial charge in [-0.05, 0) is 128 Å². The highest BCUT2D eigenvalue weighted by atomic mass is 16.3. The lowest BCUT2D eigenvalue weighted by Gasteiger charge is -2.12. The maximum atomic E-state index is 6.23. The van der Waals surface area contributed by atoms with Gasteiger partial charge in [0.2, 0.25) is 0 Å². The van der Waals surface area contributed by atoms with Crippen LogP contribution in [0, 0.1) is 0 Å². The summed E-state index contributed by atoms with van der Waals surface area (Å²) in [5.41, 5.74) is 19.4. The molecule has 346 valence electrons. The zero-order chi connectivity index (χ0) is 49.0. The summed E-state index contributed by atoms with van der Waals surface area (Å²) in [6, 6.07) is 94.6. The molecule has 0 unspecified atom stereocenters. The molecule has 14 rings (SSSR count). The molecule has 74 heavy (non-hydrogen) atoms. The smallest absolute Gasteiger partial charge is 0.164 e. The van der Waals surface area contributed by atoms with Crippen molar-refractivity contribution in [2.45, 2.75) is 0 Å². The summed E-state index contributed by atoms with van der Waals surface area (Å²) in [7, 11) is 0. The number of furan rings is 1. The Bertz CT molecular complexity index is 4370. The van der Waals surface area contributed by atoms with Crippen LogP contribution in [0.3, 0.4) is 0 Å². The van der Waals surface area contributed by atoms with Crippen molar-refractivity contribution in [1.29, 1.82) is 0 Å². The molecule has 0 aliphatic rings. The summed E-state index contributed by atoms with van der Waals surface area (Å²) >= 11 is 0. The highest BCUT2D eigenvalue weighted by Gasteiger charge is 2.18. The minimum Gasteiger partial charge on any atom is -0.456 e. The Hall–Kier alpha value is -9.97. The topological polar surface area (TPSA) is 56.7 Å². The maximum absolute atomic E-state index is 6.23. The van der Waals surface area contributed by atoms with Gasteiger partial charge in [0.05, 0.1) is 11.0 Å². The number of hydrogen-bond acceptors (Lipinski definition) is 4. The molecule has 0 radical (unpaired) electrons. The van der Waals surface area contributed by atoms with Crippen molar-refractivity contribution in [3.8, 4) is 95.5 Å². The third kappa shape index (κ3) is 7.81. The Morgan fingerprint density at radius 2 is 0.595 bits per heavy atom. The van der Waals surface area contributed by atoms with E-state index in [0.29, 0.717) is 17.5 Å². The molecule has 0 amide bonds. The molecule has 0 saturated heterocycles. The number of para-hydroxylation sites is 1. The molecular weight excluding hydrogens is 901 g/mol. The highest BCUT2D eigenvalue weighted by Crippen LogP contribution is 2.40. The van der Waals surface area contributed by atoms with E-state index in [2.05, 4.69) is 199 Å². The first-order chi connectivity index (χ1) is 36.6. The van der Waals surface area contributed by atoms with E-state index >= 15 is 0 Å². The van der Waals surface area contributed by atoms with Crippen LogP contribution in [0.15, 0.2) is 271 Å². The van der Waals surface area contributed by atoms with E-state index in [0.717, 1.165) is 88.7 Å². The Kier molecular flexibility index (Phi) is 10.4. The minimum atomic E-state index is 0.627. The van der Waals surface area contributed by atoms with Crippen LogP contribution in [0.5, 0.6) is 0 Å². The Morgan fingerprint density at radius 3 is 1.15 bits per heavy atom. The zero-order valence-electron chi connectivity index (χ0n) is 40.1. The standard InChI is InChI=1S/C69H44N4O/c1-4-16-45(17-5-1)48-22-12-25-51(38-48)54-32-35-63-60(42-54)61-43-55(56-34-37-66-62(44-56)59-30-10-11-31-65(59)74-66)33-36-64(61)73(63)58-29-15-27-53(41-58)50-24-13-23-49(39-50)52-26-14-28-57(40-52)69-71-67(46-18-6-2-7-19-46)70-68(72-69)47-20-8-3-9-21-47/h1-44H. The van der Waals surface area contributed by atoms with E-state index in [1.165, 1.54) is 33.0 Å². The second kappa shape index (κ2) is 18.0. The molecule has 3 aromatic heterocycles. The Morgan fingerprint density at radius 1 is 0.230 bits per heavy atom. The molecule has 14 aromatic rings. The number of hydrogen-bond donors (Lipinski definition) is 0. The highest BCUT2D eigenvalue weighted by molar-refractivity contribution is 6.12. The van der Waals surface area contributed by atoms with Gasteiger partial charge in [0.15, 0.2) is 17.5 Å². The first-order valence-corrected chi connectivity index (χ1v) is 25.0. The first-order valence-electron chi connectivity index (χ1n) is 25.0. The third-order valence-electron chi connectivity index (χ3n) is 14.2. The third-order valence-corrected chi connectivity index (χ3v) is 14.2. The van der Waals surface area contributed by atoms with Gasteiger partial charge in [0.25, 0.3) is 0 Å². The van der Waals surface area contributed by atoms with Gasteiger partial charge in [-0.25, -0.2) is 15.0 Å². The van der Waals surface area contributed by atoms with Crippen molar-refractivity contribution in [3.63, 3.8) is 0 Å². The Balaban J connectivity index is 0.863. The summed E-state index contributed by atoms with van der Waals surface area (Å²) in [4.78, 5) is 15.0. The van der Waals surface area contributed by atoms with E-state index < -0.39 is 0 Å². The molecule has 0 aliphatic carbocycles. The monoisotopic (exact) mass is 944 g/mol. The number of benzene rings is 11. The number of fused-ring (bicyclic) bond motifs is 6. The largest absolute Gasteiger partial charge is 0.456 e. The van der Waals surface area contributed by atoms with E-state index in [1.807, 2.05) is 72.8 Å². The molecule has 0 aliphatic heterocycles. The fourth-order valence-corrected chi connectivity index (χ4v) is 10.6.